The highest BCUT2D eigenvalue weighted by Gasteiger charge is 2.25. The Hall–Kier alpha value is -2.83. The molecule has 0 saturated carbocycles. The summed E-state index contributed by atoms with van der Waals surface area (Å²) in [6, 6.07) is 5.59. The Kier molecular flexibility index (Phi) is 6.11. The number of piperidine rings is 1. The minimum Gasteiger partial charge on any atom is -0.497 e. The third kappa shape index (κ3) is 4.87. The van der Waals surface area contributed by atoms with Crippen LogP contribution in [-0.4, -0.2) is 47.1 Å². The van der Waals surface area contributed by atoms with Gasteiger partial charge < -0.3 is 15.0 Å². The molecule has 144 valence electrons. The molecule has 27 heavy (non-hydrogen) atoms. The molecule has 2 N–H and O–H groups in total. The number of hydrogen-bond donors (Lipinski definition) is 2. The summed E-state index contributed by atoms with van der Waals surface area (Å²) in [7, 11) is 1.62. The molecule has 1 aromatic heterocycles. The molecule has 0 unspecified atom stereocenters. The number of hydrogen-bond acceptors (Lipinski definition) is 4. The molecule has 0 radical (unpaired) electrons. The first-order valence-corrected chi connectivity index (χ1v) is 9.29. The lowest BCUT2D eigenvalue weighted by atomic mass is 9.93. The van der Waals surface area contributed by atoms with Gasteiger partial charge in [-0.3, -0.25) is 14.7 Å². The first kappa shape index (κ1) is 18.9. The van der Waals surface area contributed by atoms with Gasteiger partial charge in [-0.2, -0.15) is 5.10 Å². The standard InChI is InChI=1S/C20H26N4O3/c1-14-10-17(27-2)6-7-18(14)23-19(25)8-5-15-4-3-9-24(13-15)20(26)16-11-21-22-12-16/h6-7,10-12,15H,3-5,8-9,13H2,1-2H3,(H,21,22)(H,23,25)/t15-/m1/s1. The predicted octanol–water partition coefficient (Wildman–Crippen LogP) is 3.00. The molecule has 1 aliphatic heterocycles. The number of aromatic amines is 1. The minimum atomic E-state index is 0.00144. The van der Waals surface area contributed by atoms with Gasteiger partial charge in [0.2, 0.25) is 5.91 Å². The maximum Gasteiger partial charge on any atom is 0.257 e. The van der Waals surface area contributed by atoms with Crippen LogP contribution in [0, 0.1) is 12.8 Å². The number of carbonyl (C=O) groups excluding carboxylic acids is 2. The molecule has 0 aliphatic carbocycles. The number of aryl methyl sites for hydroxylation is 1. The van der Waals surface area contributed by atoms with Gasteiger partial charge in [-0.05, 0) is 55.9 Å². The average Bonchev–Trinajstić information content (AvgIpc) is 3.22. The maximum atomic E-state index is 12.5. The van der Waals surface area contributed by atoms with Crippen LogP contribution in [0.3, 0.4) is 0 Å². The van der Waals surface area contributed by atoms with E-state index in [9.17, 15) is 9.59 Å². The number of nitrogens with zero attached hydrogens (tertiary/aromatic N) is 2. The van der Waals surface area contributed by atoms with Crippen LogP contribution < -0.4 is 10.1 Å². The van der Waals surface area contributed by atoms with E-state index in [0.29, 0.717) is 24.4 Å². The third-order valence-corrected chi connectivity index (χ3v) is 5.04. The number of methoxy groups -OCH3 is 1. The van der Waals surface area contributed by atoms with E-state index in [4.69, 9.17) is 4.74 Å². The van der Waals surface area contributed by atoms with Gasteiger partial charge in [-0.15, -0.1) is 0 Å². The molecule has 2 aromatic rings. The van der Waals surface area contributed by atoms with Gasteiger partial charge in [-0.1, -0.05) is 0 Å². The van der Waals surface area contributed by atoms with E-state index < -0.39 is 0 Å². The zero-order valence-corrected chi connectivity index (χ0v) is 15.8. The summed E-state index contributed by atoms with van der Waals surface area (Å²) in [5.41, 5.74) is 2.36. The van der Waals surface area contributed by atoms with Gasteiger partial charge in [0.1, 0.15) is 5.75 Å². The van der Waals surface area contributed by atoms with Gasteiger partial charge in [0.25, 0.3) is 5.91 Å². The van der Waals surface area contributed by atoms with E-state index >= 15 is 0 Å². The van der Waals surface area contributed by atoms with Crippen molar-refractivity contribution in [3.8, 4) is 5.75 Å². The second-order valence-corrected chi connectivity index (χ2v) is 7.01. The smallest absolute Gasteiger partial charge is 0.257 e. The van der Waals surface area contributed by atoms with Gasteiger partial charge in [-0.25, -0.2) is 0 Å². The summed E-state index contributed by atoms with van der Waals surface area (Å²) in [6.45, 7) is 3.40. The Balaban J connectivity index is 1.49. The van der Waals surface area contributed by atoms with Crippen molar-refractivity contribution in [1.29, 1.82) is 0 Å². The summed E-state index contributed by atoms with van der Waals surface area (Å²) in [5.74, 6) is 1.13. The summed E-state index contributed by atoms with van der Waals surface area (Å²) >= 11 is 0. The predicted molar refractivity (Wildman–Crippen MR) is 103 cm³/mol. The molecular weight excluding hydrogens is 344 g/mol. The largest absolute Gasteiger partial charge is 0.497 e. The highest BCUT2D eigenvalue weighted by atomic mass is 16.5. The normalized spacial score (nSPS) is 16.8. The number of H-pyrrole nitrogens is 1. The second-order valence-electron chi connectivity index (χ2n) is 7.01. The fourth-order valence-electron chi connectivity index (χ4n) is 3.49. The van der Waals surface area contributed by atoms with Gasteiger partial charge >= 0.3 is 0 Å². The van der Waals surface area contributed by atoms with Crippen molar-refractivity contribution >= 4 is 17.5 Å². The molecule has 3 rings (SSSR count). The van der Waals surface area contributed by atoms with Crippen molar-refractivity contribution in [3.63, 3.8) is 0 Å². The molecule has 0 spiro atoms. The average molecular weight is 370 g/mol. The van der Waals surface area contributed by atoms with Gasteiger partial charge in [0.15, 0.2) is 0 Å². The van der Waals surface area contributed by atoms with Gasteiger partial charge in [0.05, 0.1) is 18.9 Å². The van der Waals surface area contributed by atoms with E-state index in [1.807, 2.05) is 30.0 Å². The molecule has 1 atom stereocenters. The Morgan fingerprint density at radius 1 is 1.41 bits per heavy atom. The number of rotatable bonds is 6. The Bertz CT molecular complexity index is 789. The Morgan fingerprint density at radius 3 is 2.96 bits per heavy atom. The maximum absolute atomic E-state index is 12.5. The number of nitrogens with one attached hydrogen (secondary N) is 2. The molecule has 1 fully saturated rings. The van der Waals surface area contributed by atoms with Crippen LogP contribution in [0.2, 0.25) is 0 Å². The fraction of sp³-hybridized carbons (Fsp3) is 0.450. The van der Waals surface area contributed by atoms with Crippen molar-refractivity contribution in [1.82, 2.24) is 15.1 Å². The molecule has 2 amide bonds. The summed E-state index contributed by atoms with van der Waals surface area (Å²) in [4.78, 5) is 26.6. The van der Waals surface area contributed by atoms with E-state index in [1.165, 1.54) is 0 Å². The van der Waals surface area contributed by atoms with Crippen molar-refractivity contribution in [3.05, 3.63) is 41.7 Å². The number of likely N-dealkylation sites (tertiary alicyclic amines) is 1. The van der Waals surface area contributed by atoms with Crippen molar-refractivity contribution < 1.29 is 14.3 Å². The molecule has 1 aliphatic rings. The monoisotopic (exact) mass is 370 g/mol. The first-order valence-electron chi connectivity index (χ1n) is 9.29. The number of amides is 2. The topological polar surface area (TPSA) is 87.3 Å². The third-order valence-electron chi connectivity index (χ3n) is 5.04. The molecule has 1 aromatic carbocycles. The molecule has 1 saturated heterocycles. The SMILES string of the molecule is COc1ccc(NC(=O)CC[C@H]2CCCN(C(=O)c3cn[nH]c3)C2)c(C)c1. The van der Waals surface area contributed by atoms with Crippen LogP contribution in [0.25, 0.3) is 0 Å². The summed E-state index contributed by atoms with van der Waals surface area (Å²) in [6.07, 6.45) is 6.41. The van der Waals surface area contributed by atoms with Crippen molar-refractivity contribution in [2.75, 3.05) is 25.5 Å². The van der Waals surface area contributed by atoms with E-state index in [2.05, 4.69) is 15.5 Å². The van der Waals surface area contributed by atoms with E-state index in [-0.39, 0.29) is 11.8 Å². The lowest BCUT2D eigenvalue weighted by Gasteiger charge is -2.32. The lowest BCUT2D eigenvalue weighted by Crippen LogP contribution is -2.40. The molecule has 2 heterocycles. The zero-order chi connectivity index (χ0) is 19.2. The number of ether oxygens (including phenoxy) is 1. The summed E-state index contributed by atoms with van der Waals surface area (Å²) < 4.78 is 5.19. The molecule has 0 bridgehead atoms. The molecule has 7 heteroatoms. The zero-order valence-electron chi connectivity index (χ0n) is 15.8. The second kappa shape index (κ2) is 8.70. The minimum absolute atomic E-state index is 0.00144. The Morgan fingerprint density at radius 2 is 2.26 bits per heavy atom. The highest BCUT2D eigenvalue weighted by molar-refractivity contribution is 5.94. The first-order chi connectivity index (χ1) is 13.1. The van der Waals surface area contributed by atoms with Crippen molar-refractivity contribution in [2.45, 2.75) is 32.6 Å². The van der Waals surface area contributed by atoms with Crippen LogP contribution >= 0.6 is 0 Å². The number of aromatic nitrogens is 2. The number of benzene rings is 1. The fourth-order valence-corrected chi connectivity index (χ4v) is 3.49. The molecule has 7 nitrogen and oxygen atoms in total. The van der Waals surface area contributed by atoms with Crippen LogP contribution in [0.15, 0.2) is 30.6 Å². The van der Waals surface area contributed by atoms with Crippen molar-refractivity contribution in [2.24, 2.45) is 5.92 Å². The number of carbonyl (C=O) groups is 2. The lowest BCUT2D eigenvalue weighted by molar-refractivity contribution is -0.116. The van der Waals surface area contributed by atoms with Crippen LogP contribution in [0.5, 0.6) is 5.75 Å². The highest BCUT2D eigenvalue weighted by Crippen LogP contribution is 2.24. The number of anilines is 1. The van der Waals surface area contributed by atoms with E-state index in [0.717, 1.165) is 42.8 Å². The van der Waals surface area contributed by atoms with Crippen LogP contribution in [-0.2, 0) is 4.79 Å². The van der Waals surface area contributed by atoms with Crippen LogP contribution in [0.1, 0.15) is 41.6 Å². The Labute approximate surface area is 159 Å². The molecular formula is C20H26N4O3. The van der Waals surface area contributed by atoms with Gasteiger partial charge in [0, 0.05) is 31.4 Å². The van der Waals surface area contributed by atoms with Crippen LogP contribution in [0.4, 0.5) is 5.69 Å². The quantitative estimate of drug-likeness (QED) is 0.818. The van der Waals surface area contributed by atoms with E-state index in [1.54, 1.807) is 19.5 Å². The summed E-state index contributed by atoms with van der Waals surface area (Å²) in [5, 5.41) is 9.49.